The van der Waals surface area contributed by atoms with E-state index in [-0.39, 0.29) is 5.00 Å². The highest BCUT2D eigenvalue weighted by atomic mass is 35.5. The highest BCUT2D eigenvalue weighted by Crippen LogP contribution is 2.23. The lowest BCUT2D eigenvalue weighted by atomic mass is 9.96. The van der Waals surface area contributed by atoms with E-state index in [0.717, 1.165) is 6.42 Å². The van der Waals surface area contributed by atoms with Crippen LogP contribution in [0.4, 0.5) is 0 Å². The molecule has 0 aromatic rings. The molecule has 0 bridgehead atoms. The lowest BCUT2D eigenvalue weighted by Gasteiger charge is -2.20. The third-order valence-corrected chi connectivity index (χ3v) is 9.24. The van der Waals surface area contributed by atoms with Crippen LogP contribution in [0.5, 0.6) is 0 Å². The molecule has 0 saturated carbocycles. The molecule has 0 saturated heterocycles. The Morgan fingerprint density at radius 3 is 0.925 bits per heavy atom. The van der Waals surface area contributed by atoms with E-state index in [9.17, 15) is 0 Å². The molecule has 0 aliphatic heterocycles. The van der Waals surface area contributed by atoms with Crippen molar-refractivity contribution in [2.45, 2.75) is 232 Å². The zero-order valence-corrected chi connectivity index (χ0v) is 29.5. The van der Waals surface area contributed by atoms with E-state index in [2.05, 4.69) is 33.4 Å². The van der Waals surface area contributed by atoms with Gasteiger partial charge in [0, 0.05) is 12.8 Å². The van der Waals surface area contributed by atoms with E-state index >= 15 is 0 Å². The first-order valence-electron chi connectivity index (χ1n) is 18.7. The second kappa shape index (κ2) is 35.4. The van der Waals surface area contributed by atoms with E-state index in [0.29, 0.717) is 5.92 Å². The molecule has 0 heterocycles. The number of rotatable bonds is 31. The molecule has 0 aromatic heterocycles. The minimum Gasteiger partial charge on any atom is -0.343 e. The van der Waals surface area contributed by atoms with Gasteiger partial charge >= 0.3 is 0 Å². The maximum Gasteiger partial charge on any atom is 0.169 e. The van der Waals surface area contributed by atoms with E-state index in [1.807, 2.05) is 6.92 Å². The summed E-state index contributed by atoms with van der Waals surface area (Å²) in [5.74, 6) is 0.520. The van der Waals surface area contributed by atoms with E-state index in [1.54, 1.807) is 0 Å². The molecule has 0 aliphatic carbocycles. The summed E-state index contributed by atoms with van der Waals surface area (Å²) in [4.78, 5) is -0.281. The van der Waals surface area contributed by atoms with Gasteiger partial charge in [-0.1, -0.05) is 219 Å². The van der Waals surface area contributed by atoms with Gasteiger partial charge in [0.05, 0.1) is 0 Å². The first-order chi connectivity index (χ1) is 19.4. The molecule has 1 nitrogen and oxygen atoms in total. The average molecular weight is 587 g/mol. The summed E-state index contributed by atoms with van der Waals surface area (Å²) in [5.41, 5.74) is 4.02. The molecule has 2 unspecified atom stereocenters. The van der Waals surface area contributed by atoms with Gasteiger partial charge in [0.2, 0.25) is 0 Å². The molecule has 0 aromatic carbocycles. The van der Waals surface area contributed by atoms with Crippen molar-refractivity contribution >= 4 is 11.6 Å². The number of halogens is 1. The van der Waals surface area contributed by atoms with Crippen LogP contribution in [0, 0.1) is 12.8 Å². The van der Waals surface area contributed by atoms with Crippen LogP contribution in [0.3, 0.4) is 0 Å². The van der Waals surface area contributed by atoms with Crippen molar-refractivity contribution in [3.63, 3.8) is 0 Å². The molecule has 0 rings (SSSR count). The Balaban J connectivity index is 0. The van der Waals surface area contributed by atoms with Gasteiger partial charge in [-0.2, -0.15) is 6.42 Å². The van der Waals surface area contributed by atoms with Gasteiger partial charge in [0.1, 0.15) is 0 Å². The molecule has 2 atom stereocenters. The van der Waals surface area contributed by atoms with Crippen molar-refractivity contribution in [3.8, 4) is 0 Å². The summed E-state index contributed by atoms with van der Waals surface area (Å²) in [6.07, 6.45) is 44.0. The maximum atomic E-state index is 6.23. The number of hydrogen-bond donors (Lipinski definition) is 1. The van der Waals surface area contributed by atoms with Gasteiger partial charge in [0.15, 0.2) is 5.00 Å². The fourth-order valence-electron chi connectivity index (χ4n) is 5.49. The molecule has 40 heavy (non-hydrogen) atoms. The van der Waals surface area contributed by atoms with Crippen molar-refractivity contribution in [2.75, 3.05) is 0 Å². The topological polar surface area (TPSA) is 27.6 Å². The summed E-state index contributed by atoms with van der Waals surface area (Å²) >= 11 is 6.23. The Labute approximate surface area is 261 Å². The Bertz CT molecular complexity index is 414. The number of unbranched alkanes of at least 4 members (excludes halogenated alkanes) is 28. The summed E-state index contributed by atoms with van der Waals surface area (Å²) in [7, 11) is 0. The largest absolute Gasteiger partial charge is 0.343 e. The molecule has 0 fully saturated rings. The van der Waals surface area contributed by atoms with Crippen LogP contribution in [-0.2, 0) is 0 Å². The molecule has 3 N–H and O–H groups in total. The Morgan fingerprint density at radius 2 is 0.700 bits per heavy atom. The second-order valence-electron chi connectivity index (χ2n) is 13.4. The van der Waals surface area contributed by atoms with Crippen LogP contribution in [-0.4, -0.2) is 5.00 Å². The van der Waals surface area contributed by atoms with Gasteiger partial charge in [-0.3, -0.25) is 0 Å². The number of alkyl halides is 1. The minimum atomic E-state index is -0.281. The van der Waals surface area contributed by atoms with Crippen LogP contribution in [0.1, 0.15) is 227 Å². The Morgan fingerprint density at radius 1 is 0.475 bits per heavy atom. The minimum absolute atomic E-state index is 0.281. The van der Waals surface area contributed by atoms with Crippen molar-refractivity contribution in [1.82, 2.24) is 0 Å². The lowest BCUT2D eigenvalue weighted by Crippen LogP contribution is -2.70. The molecule has 0 radical (unpaired) electrons. The van der Waals surface area contributed by atoms with E-state index in [1.165, 1.54) is 193 Å². The molecular formula is C38H80ClN. The maximum absolute atomic E-state index is 6.23. The fraction of sp³-hybridized carbons (Fsp3) is 0.974. The van der Waals surface area contributed by atoms with Crippen molar-refractivity contribution in [2.24, 2.45) is 5.92 Å². The molecule has 0 amide bonds. The van der Waals surface area contributed by atoms with Crippen LogP contribution in [0.2, 0.25) is 0 Å². The van der Waals surface area contributed by atoms with Gasteiger partial charge in [-0.05, 0) is 6.42 Å². The SMILES string of the molecule is CCCCCCCCCCCCCCCCC(C)C(C)([NH3+])Cl.[CH2-]CCCCCCCCCCCCCCCCC. The van der Waals surface area contributed by atoms with Crippen LogP contribution >= 0.6 is 11.6 Å². The normalized spacial score (nSPS) is 13.6. The third-order valence-electron chi connectivity index (χ3n) is 8.87. The smallest absolute Gasteiger partial charge is 0.169 e. The van der Waals surface area contributed by atoms with Crippen molar-refractivity contribution in [1.29, 1.82) is 0 Å². The first-order valence-corrected chi connectivity index (χ1v) is 19.1. The Kier molecular flexibility index (Phi) is 37.6. The van der Waals surface area contributed by atoms with Gasteiger partial charge < -0.3 is 12.7 Å². The zero-order valence-electron chi connectivity index (χ0n) is 28.8. The Hall–Kier alpha value is 0.250. The van der Waals surface area contributed by atoms with Crippen LogP contribution in [0.15, 0.2) is 0 Å². The summed E-state index contributed by atoms with van der Waals surface area (Å²) < 4.78 is 0. The van der Waals surface area contributed by atoms with Crippen molar-refractivity contribution in [3.05, 3.63) is 6.92 Å². The van der Waals surface area contributed by atoms with Gasteiger partial charge in [-0.25, -0.2) is 0 Å². The quantitative estimate of drug-likeness (QED) is 0.0362. The predicted molar refractivity (Wildman–Crippen MR) is 186 cm³/mol. The van der Waals surface area contributed by atoms with E-state index in [4.69, 9.17) is 11.6 Å². The molecule has 2 heteroatoms. The molecular weight excluding hydrogens is 506 g/mol. The average Bonchev–Trinajstić information content (AvgIpc) is 2.93. The highest BCUT2D eigenvalue weighted by Gasteiger charge is 2.26. The highest BCUT2D eigenvalue weighted by molar-refractivity contribution is 6.22. The molecule has 244 valence electrons. The van der Waals surface area contributed by atoms with Gasteiger partial charge in [0.25, 0.3) is 0 Å². The summed E-state index contributed by atoms with van der Waals surface area (Å²) in [5, 5.41) is 0. The second-order valence-corrected chi connectivity index (χ2v) is 14.2. The van der Waals surface area contributed by atoms with Crippen LogP contribution in [0.25, 0.3) is 0 Å². The van der Waals surface area contributed by atoms with Gasteiger partial charge in [-0.15, -0.1) is 0 Å². The summed E-state index contributed by atoms with van der Waals surface area (Å²) in [6.45, 7) is 12.7. The van der Waals surface area contributed by atoms with Crippen LogP contribution < -0.4 is 5.73 Å². The summed E-state index contributed by atoms with van der Waals surface area (Å²) in [6, 6.07) is 0. The number of quaternary nitrogens is 1. The monoisotopic (exact) mass is 586 g/mol. The third kappa shape index (κ3) is 38.2. The lowest BCUT2D eigenvalue weighted by molar-refractivity contribution is -0.450. The van der Waals surface area contributed by atoms with E-state index < -0.39 is 0 Å². The first kappa shape index (κ1) is 42.4. The molecule has 0 spiro atoms. The standard InChI is InChI=1S/C20H42ClN.C18H37/c1-4-5-6-7-8-9-10-11-12-13-14-15-16-17-18-19(2)20(3,21)22;1-3-5-7-9-11-13-15-17-18-16-14-12-10-8-6-4-2/h19H,4-18,22H2,1-3H3;1,3-18H2,2H3/q;-1/p+1. The zero-order chi connectivity index (χ0) is 30.0. The van der Waals surface area contributed by atoms with Crippen molar-refractivity contribution < 1.29 is 5.73 Å². The fourth-order valence-corrected chi connectivity index (χ4v) is 5.60. The predicted octanol–water partition coefficient (Wildman–Crippen LogP) is 13.8. The number of hydrogen-bond acceptors (Lipinski definition) is 0. The molecule has 0 aliphatic rings.